The molecule has 0 saturated carbocycles. The van der Waals surface area contributed by atoms with Crippen LogP contribution in [0.3, 0.4) is 0 Å². The number of hydrogen-bond acceptors (Lipinski definition) is 6. The number of pyridine rings is 1. The summed E-state index contributed by atoms with van der Waals surface area (Å²) in [6.45, 7) is 3.35. The van der Waals surface area contributed by atoms with Crippen LogP contribution in [0.15, 0.2) is 66.9 Å². The van der Waals surface area contributed by atoms with Gasteiger partial charge < -0.3 is 21.3 Å². The maximum atomic E-state index is 12.4. The fourth-order valence-electron chi connectivity index (χ4n) is 3.53. The maximum absolute atomic E-state index is 12.4. The molecule has 0 aliphatic rings. The second-order valence-corrected chi connectivity index (χ2v) is 8.24. The van der Waals surface area contributed by atoms with Crippen molar-refractivity contribution in [1.29, 1.82) is 0 Å². The number of nitrogens with zero attached hydrogens (tertiary/aromatic N) is 3. The van der Waals surface area contributed by atoms with Crippen LogP contribution in [-0.2, 0) is 0 Å². The Morgan fingerprint density at radius 2 is 1.85 bits per heavy atom. The fraction of sp³-hybridized carbons (Fsp3) is 0.240. The van der Waals surface area contributed by atoms with Gasteiger partial charge in [0.2, 0.25) is 5.95 Å². The lowest BCUT2D eigenvalue weighted by atomic mass is 10.1. The van der Waals surface area contributed by atoms with Crippen molar-refractivity contribution in [1.82, 2.24) is 30.5 Å². The van der Waals surface area contributed by atoms with Gasteiger partial charge in [-0.25, -0.2) is 4.52 Å². The van der Waals surface area contributed by atoms with E-state index in [0.717, 1.165) is 48.5 Å². The molecule has 9 heteroatoms. The molecule has 0 fully saturated rings. The van der Waals surface area contributed by atoms with E-state index >= 15 is 0 Å². The van der Waals surface area contributed by atoms with Gasteiger partial charge in [0.15, 0.2) is 5.65 Å². The highest BCUT2D eigenvalue weighted by Gasteiger charge is 2.11. The fourth-order valence-corrected chi connectivity index (χ4v) is 3.72. The number of carbonyl (C=O) groups excluding carboxylic acids is 1. The number of halogens is 1. The molecule has 0 bridgehead atoms. The molecular formula is C25H28ClN7O. The first-order chi connectivity index (χ1) is 16.6. The van der Waals surface area contributed by atoms with Crippen LogP contribution < -0.4 is 21.3 Å². The standard InChI is InChI=1S/C25H28ClN7O/c1-27-14-15-28-12-4-13-29-24(34)18-8-10-21(11-9-18)30-25-31-23-22(7-3-16-33(23)32-25)19-5-2-6-20(26)17-19/h2-3,5-11,16-17,27-28H,4,12-15H2,1H3,(H,29,34)(H,30,32). The molecule has 8 nitrogen and oxygen atoms in total. The molecule has 0 saturated heterocycles. The summed E-state index contributed by atoms with van der Waals surface area (Å²) in [4.78, 5) is 17.0. The zero-order valence-corrected chi connectivity index (χ0v) is 19.8. The number of benzene rings is 2. The summed E-state index contributed by atoms with van der Waals surface area (Å²) < 4.78 is 1.73. The average molecular weight is 478 g/mol. The summed E-state index contributed by atoms with van der Waals surface area (Å²) in [5.41, 5.74) is 4.05. The quantitative estimate of drug-likeness (QED) is 0.246. The molecule has 2 aromatic carbocycles. The molecule has 1 amide bonds. The highest BCUT2D eigenvalue weighted by Crippen LogP contribution is 2.27. The number of amides is 1. The Morgan fingerprint density at radius 3 is 2.65 bits per heavy atom. The minimum atomic E-state index is -0.0845. The molecular weight excluding hydrogens is 450 g/mol. The second-order valence-electron chi connectivity index (χ2n) is 7.80. The van der Waals surface area contributed by atoms with Gasteiger partial charge in [0, 0.05) is 47.7 Å². The Balaban J connectivity index is 1.36. The third-order valence-corrected chi connectivity index (χ3v) is 5.50. The molecule has 0 aliphatic heterocycles. The summed E-state index contributed by atoms with van der Waals surface area (Å²) >= 11 is 6.16. The summed E-state index contributed by atoms with van der Waals surface area (Å²) in [6, 6.07) is 18.8. The SMILES string of the molecule is CNCCNCCCNC(=O)c1ccc(Nc2nc3c(-c4cccc(Cl)c4)cccn3n2)cc1. The number of aromatic nitrogens is 3. The average Bonchev–Trinajstić information content (AvgIpc) is 3.26. The van der Waals surface area contributed by atoms with E-state index in [4.69, 9.17) is 11.6 Å². The van der Waals surface area contributed by atoms with E-state index in [1.807, 2.05) is 61.8 Å². The van der Waals surface area contributed by atoms with Gasteiger partial charge >= 0.3 is 0 Å². The van der Waals surface area contributed by atoms with Gasteiger partial charge in [-0.2, -0.15) is 4.98 Å². The van der Waals surface area contributed by atoms with E-state index < -0.39 is 0 Å². The molecule has 2 aromatic heterocycles. The van der Waals surface area contributed by atoms with Crippen LogP contribution in [0.1, 0.15) is 16.8 Å². The van der Waals surface area contributed by atoms with E-state index in [0.29, 0.717) is 23.1 Å². The molecule has 0 spiro atoms. The molecule has 0 radical (unpaired) electrons. The molecule has 4 N–H and O–H groups in total. The second kappa shape index (κ2) is 11.6. The first-order valence-corrected chi connectivity index (χ1v) is 11.6. The summed E-state index contributed by atoms with van der Waals surface area (Å²) in [6.07, 6.45) is 2.73. The number of rotatable bonds is 11. The van der Waals surface area contributed by atoms with Gasteiger partial charge in [0.25, 0.3) is 5.91 Å². The first kappa shape index (κ1) is 23.7. The van der Waals surface area contributed by atoms with Crippen LogP contribution in [0, 0.1) is 0 Å². The Morgan fingerprint density at radius 1 is 1.00 bits per heavy atom. The highest BCUT2D eigenvalue weighted by molar-refractivity contribution is 6.30. The zero-order valence-electron chi connectivity index (χ0n) is 19.0. The lowest BCUT2D eigenvalue weighted by Crippen LogP contribution is -2.29. The van der Waals surface area contributed by atoms with Gasteiger partial charge in [-0.05, 0) is 74.1 Å². The van der Waals surface area contributed by atoms with Gasteiger partial charge in [0.05, 0.1) is 0 Å². The van der Waals surface area contributed by atoms with Crippen molar-refractivity contribution in [3.8, 4) is 11.1 Å². The topological polar surface area (TPSA) is 95.4 Å². The predicted molar refractivity (Wildman–Crippen MR) is 137 cm³/mol. The summed E-state index contributed by atoms with van der Waals surface area (Å²) in [5, 5.41) is 17.8. The molecule has 4 aromatic rings. The van der Waals surface area contributed by atoms with Crippen molar-refractivity contribution >= 4 is 34.8 Å². The Bertz CT molecular complexity index is 1240. The van der Waals surface area contributed by atoms with Gasteiger partial charge in [-0.15, -0.1) is 5.10 Å². The number of nitrogens with one attached hydrogen (secondary N) is 4. The molecule has 0 unspecified atom stereocenters. The number of fused-ring (bicyclic) bond motifs is 1. The van der Waals surface area contributed by atoms with Crippen LogP contribution in [0.4, 0.5) is 11.6 Å². The lowest BCUT2D eigenvalue weighted by Gasteiger charge is -2.07. The van der Waals surface area contributed by atoms with Gasteiger partial charge in [-0.3, -0.25) is 4.79 Å². The third-order valence-electron chi connectivity index (χ3n) is 5.27. The van der Waals surface area contributed by atoms with Crippen LogP contribution in [-0.4, -0.2) is 53.7 Å². The van der Waals surface area contributed by atoms with Crippen molar-refractivity contribution in [3.63, 3.8) is 0 Å². The van der Waals surface area contributed by atoms with E-state index in [-0.39, 0.29) is 5.91 Å². The summed E-state index contributed by atoms with van der Waals surface area (Å²) in [5.74, 6) is 0.385. The van der Waals surface area contributed by atoms with Crippen molar-refractivity contribution in [2.24, 2.45) is 0 Å². The largest absolute Gasteiger partial charge is 0.352 e. The van der Waals surface area contributed by atoms with Crippen LogP contribution >= 0.6 is 11.6 Å². The minimum Gasteiger partial charge on any atom is -0.352 e. The van der Waals surface area contributed by atoms with Gasteiger partial charge in [0.1, 0.15) is 0 Å². The van der Waals surface area contributed by atoms with Crippen LogP contribution in [0.25, 0.3) is 16.8 Å². The van der Waals surface area contributed by atoms with E-state index in [1.165, 1.54) is 0 Å². The number of carbonyl (C=O) groups is 1. The highest BCUT2D eigenvalue weighted by atomic mass is 35.5. The predicted octanol–water partition coefficient (Wildman–Crippen LogP) is 3.72. The number of hydrogen-bond donors (Lipinski definition) is 4. The number of anilines is 2. The molecule has 176 valence electrons. The number of likely N-dealkylation sites (N-methyl/N-ethyl adjacent to an activating group) is 1. The van der Waals surface area contributed by atoms with Crippen LogP contribution in [0.2, 0.25) is 5.02 Å². The van der Waals surface area contributed by atoms with Crippen molar-refractivity contribution in [3.05, 3.63) is 77.4 Å². The Labute approximate surface area is 203 Å². The molecule has 0 aliphatic carbocycles. The monoisotopic (exact) mass is 477 g/mol. The Kier molecular flexibility index (Phi) is 8.08. The van der Waals surface area contributed by atoms with E-state index in [1.54, 1.807) is 16.6 Å². The molecule has 2 heterocycles. The van der Waals surface area contributed by atoms with Crippen molar-refractivity contribution in [2.45, 2.75) is 6.42 Å². The zero-order chi connectivity index (χ0) is 23.8. The Hall–Kier alpha value is -3.46. The molecule has 34 heavy (non-hydrogen) atoms. The molecule has 0 atom stereocenters. The van der Waals surface area contributed by atoms with Gasteiger partial charge in [-0.1, -0.05) is 23.7 Å². The van der Waals surface area contributed by atoms with E-state index in [2.05, 4.69) is 31.3 Å². The van der Waals surface area contributed by atoms with Crippen molar-refractivity contribution in [2.75, 3.05) is 38.5 Å². The minimum absolute atomic E-state index is 0.0845. The van der Waals surface area contributed by atoms with Crippen LogP contribution in [0.5, 0.6) is 0 Å². The normalized spacial score (nSPS) is 11.0. The third kappa shape index (κ3) is 6.11. The maximum Gasteiger partial charge on any atom is 0.251 e. The van der Waals surface area contributed by atoms with Crippen molar-refractivity contribution < 1.29 is 4.79 Å². The summed E-state index contributed by atoms with van der Waals surface area (Å²) in [7, 11) is 1.93. The smallest absolute Gasteiger partial charge is 0.251 e. The lowest BCUT2D eigenvalue weighted by molar-refractivity contribution is 0.0953. The first-order valence-electron chi connectivity index (χ1n) is 11.3. The molecule has 4 rings (SSSR count). The van der Waals surface area contributed by atoms with E-state index in [9.17, 15) is 4.79 Å².